The molecule has 0 unspecified atom stereocenters. The number of nitrogens with one attached hydrogen (secondary N) is 1. The van der Waals surface area contributed by atoms with Crippen LogP contribution in [0.25, 0.3) is 0 Å². The summed E-state index contributed by atoms with van der Waals surface area (Å²) < 4.78 is 0. The average Bonchev–Trinajstić information content (AvgIpc) is 2.03. The molecule has 0 amide bonds. The molecule has 0 atom stereocenters. The van der Waals surface area contributed by atoms with Crippen LogP contribution >= 0.6 is 11.6 Å². The Morgan fingerprint density at radius 2 is 2.15 bits per heavy atom. The minimum absolute atomic E-state index is 0.678. The number of benzene rings is 1. The quantitative estimate of drug-likeness (QED) is 0.760. The molecule has 2 heteroatoms. The molecule has 0 saturated heterocycles. The van der Waals surface area contributed by atoms with Crippen molar-refractivity contribution < 1.29 is 0 Å². The second kappa shape index (κ2) is 3.59. The van der Waals surface area contributed by atoms with Crippen molar-refractivity contribution in [2.45, 2.75) is 32.2 Å². The van der Waals surface area contributed by atoms with Crippen molar-refractivity contribution in [2.24, 2.45) is 0 Å². The zero-order chi connectivity index (χ0) is 9.26. The molecular formula is C11H14ClN. The van der Waals surface area contributed by atoms with Gasteiger partial charge in [0.2, 0.25) is 0 Å². The van der Waals surface area contributed by atoms with Gasteiger partial charge in [0.15, 0.2) is 0 Å². The number of hydrogen-bond acceptors (Lipinski definition) is 1. The Hall–Kier alpha value is -0.690. The predicted octanol–water partition coefficient (Wildman–Crippen LogP) is 3.61. The topological polar surface area (TPSA) is 12.0 Å². The van der Waals surface area contributed by atoms with Crippen LogP contribution in [-0.4, -0.2) is 6.04 Å². The van der Waals surface area contributed by atoms with E-state index in [1.54, 1.807) is 0 Å². The summed E-state index contributed by atoms with van der Waals surface area (Å²) in [6.07, 6.45) is 3.95. The Labute approximate surface area is 84.1 Å². The maximum atomic E-state index is 5.92. The van der Waals surface area contributed by atoms with E-state index >= 15 is 0 Å². The fourth-order valence-corrected chi connectivity index (χ4v) is 1.69. The van der Waals surface area contributed by atoms with Gasteiger partial charge in [-0.2, -0.15) is 0 Å². The van der Waals surface area contributed by atoms with Crippen LogP contribution in [0.3, 0.4) is 0 Å². The van der Waals surface area contributed by atoms with Crippen LogP contribution in [0.4, 0.5) is 5.69 Å². The van der Waals surface area contributed by atoms with Gasteiger partial charge in [-0.15, -0.1) is 0 Å². The van der Waals surface area contributed by atoms with E-state index in [1.807, 2.05) is 12.1 Å². The van der Waals surface area contributed by atoms with Gasteiger partial charge in [0, 0.05) is 16.8 Å². The van der Waals surface area contributed by atoms with E-state index in [-0.39, 0.29) is 0 Å². The Balaban J connectivity index is 2.13. The van der Waals surface area contributed by atoms with Gasteiger partial charge in [0.1, 0.15) is 0 Å². The first-order valence-corrected chi connectivity index (χ1v) is 5.16. The highest BCUT2D eigenvalue weighted by Gasteiger charge is 2.17. The van der Waals surface area contributed by atoms with E-state index < -0.39 is 0 Å². The van der Waals surface area contributed by atoms with Gasteiger partial charge in [0.05, 0.1) is 0 Å². The smallest absolute Gasteiger partial charge is 0.0426 e. The fourth-order valence-electron chi connectivity index (χ4n) is 1.52. The molecule has 13 heavy (non-hydrogen) atoms. The molecule has 0 aromatic heterocycles. The molecule has 1 aliphatic carbocycles. The summed E-state index contributed by atoms with van der Waals surface area (Å²) in [7, 11) is 0. The van der Waals surface area contributed by atoms with Crippen LogP contribution in [-0.2, 0) is 0 Å². The van der Waals surface area contributed by atoms with Crippen molar-refractivity contribution in [3.63, 3.8) is 0 Å². The van der Waals surface area contributed by atoms with Crippen LogP contribution in [0, 0.1) is 6.92 Å². The highest BCUT2D eigenvalue weighted by molar-refractivity contribution is 6.30. The summed E-state index contributed by atoms with van der Waals surface area (Å²) >= 11 is 5.92. The first kappa shape index (κ1) is 8.89. The van der Waals surface area contributed by atoms with Gasteiger partial charge in [0.25, 0.3) is 0 Å². The third-order valence-electron chi connectivity index (χ3n) is 2.66. The number of hydrogen-bond donors (Lipinski definition) is 1. The molecule has 0 radical (unpaired) electrons. The highest BCUT2D eigenvalue weighted by atomic mass is 35.5. The van der Waals surface area contributed by atoms with Crippen LogP contribution < -0.4 is 5.32 Å². The molecule has 1 saturated carbocycles. The van der Waals surface area contributed by atoms with E-state index in [0.29, 0.717) is 6.04 Å². The molecule has 0 bridgehead atoms. The van der Waals surface area contributed by atoms with Crippen molar-refractivity contribution in [2.75, 3.05) is 5.32 Å². The van der Waals surface area contributed by atoms with Crippen molar-refractivity contribution in [1.29, 1.82) is 0 Å². The summed E-state index contributed by atoms with van der Waals surface area (Å²) in [5.41, 5.74) is 2.47. The maximum absolute atomic E-state index is 5.92. The van der Waals surface area contributed by atoms with E-state index in [0.717, 1.165) is 5.02 Å². The van der Waals surface area contributed by atoms with Crippen molar-refractivity contribution in [3.05, 3.63) is 28.8 Å². The molecule has 0 heterocycles. The standard InChI is InChI=1S/C11H14ClN/c1-8-5-6-9(12)7-11(8)13-10-3-2-4-10/h5-7,10,13H,2-4H2,1H3. The average molecular weight is 196 g/mol. The zero-order valence-corrected chi connectivity index (χ0v) is 8.56. The first-order chi connectivity index (χ1) is 6.25. The number of anilines is 1. The van der Waals surface area contributed by atoms with Gasteiger partial charge in [-0.05, 0) is 43.9 Å². The van der Waals surface area contributed by atoms with Crippen LogP contribution in [0.2, 0.25) is 5.02 Å². The molecule has 1 fully saturated rings. The number of aryl methyl sites for hydroxylation is 1. The van der Waals surface area contributed by atoms with Crippen molar-refractivity contribution in [3.8, 4) is 0 Å². The van der Waals surface area contributed by atoms with Crippen LogP contribution in [0.15, 0.2) is 18.2 Å². The summed E-state index contributed by atoms with van der Waals surface area (Å²) in [4.78, 5) is 0. The Morgan fingerprint density at radius 1 is 1.38 bits per heavy atom. The Bertz CT molecular complexity index is 305. The number of halogens is 1. The Kier molecular flexibility index (Phi) is 2.45. The Morgan fingerprint density at radius 3 is 2.77 bits per heavy atom. The molecule has 70 valence electrons. The molecule has 1 N–H and O–H groups in total. The lowest BCUT2D eigenvalue weighted by molar-refractivity contribution is 0.445. The van der Waals surface area contributed by atoms with Crippen LogP contribution in [0.5, 0.6) is 0 Å². The molecule has 1 aromatic rings. The largest absolute Gasteiger partial charge is 0.382 e. The monoisotopic (exact) mass is 195 g/mol. The normalized spacial score (nSPS) is 16.8. The lowest BCUT2D eigenvalue weighted by Gasteiger charge is -2.28. The lowest BCUT2D eigenvalue weighted by Crippen LogP contribution is -2.27. The number of rotatable bonds is 2. The van der Waals surface area contributed by atoms with Crippen LogP contribution in [0.1, 0.15) is 24.8 Å². The van der Waals surface area contributed by atoms with E-state index in [4.69, 9.17) is 11.6 Å². The third-order valence-corrected chi connectivity index (χ3v) is 2.90. The summed E-state index contributed by atoms with van der Waals surface area (Å²) in [6, 6.07) is 6.68. The van der Waals surface area contributed by atoms with E-state index in [2.05, 4.69) is 18.3 Å². The van der Waals surface area contributed by atoms with E-state index in [9.17, 15) is 0 Å². The summed E-state index contributed by atoms with van der Waals surface area (Å²) in [5, 5.41) is 4.32. The van der Waals surface area contributed by atoms with Gasteiger partial charge in [-0.3, -0.25) is 0 Å². The predicted molar refractivity (Wildman–Crippen MR) is 57.5 cm³/mol. The molecule has 1 aliphatic rings. The summed E-state index contributed by atoms with van der Waals surface area (Å²) in [5.74, 6) is 0. The molecule has 2 rings (SSSR count). The lowest BCUT2D eigenvalue weighted by atomic mass is 9.93. The van der Waals surface area contributed by atoms with Gasteiger partial charge in [-0.1, -0.05) is 17.7 Å². The van der Waals surface area contributed by atoms with Gasteiger partial charge >= 0.3 is 0 Å². The molecule has 0 aliphatic heterocycles. The van der Waals surface area contributed by atoms with Gasteiger partial charge < -0.3 is 5.32 Å². The molecule has 0 spiro atoms. The second-order valence-electron chi connectivity index (χ2n) is 3.73. The SMILES string of the molecule is Cc1ccc(Cl)cc1NC1CCC1. The second-order valence-corrected chi connectivity index (χ2v) is 4.17. The first-order valence-electron chi connectivity index (χ1n) is 4.78. The molecule has 1 nitrogen and oxygen atoms in total. The zero-order valence-electron chi connectivity index (χ0n) is 7.81. The fraction of sp³-hybridized carbons (Fsp3) is 0.455. The van der Waals surface area contributed by atoms with Crippen molar-refractivity contribution in [1.82, 2.24) is 0 Å². The molecular weight excluding hydrogens is 182 g/mol. The minimum Gasteiger partial charge on any atom is -0.382 e. The minimum atomic E-state index is 0.678. The summed E-state index contributed by atoms with van der Waals surface area (Å²) in [6.45, 7) is 2.11. The van der Waals surface area contributed by atoms with Gasteiger partial charge in [-0.25, -0.2) is 0 Å². The van der Waals surface area contributed by atoms with Crippen molar-refractivity contribution >= 4 is 17.3 Å². The third kappa shape index (κ3) is 1.97. The molecule has 1 aromatic carbocycles. The highest BCUT2D eigenvalue weighted by Crippen LogP contribution is 2.26. The van der Waals surface area contributed by atoms with E-state index in [1.165, 1.54) is 30.5 Å². The maximum Gasteiger partial charge on any atom is 0.0426 e.